The predicted octanol–water partition coefficient (Wildman–Crippen LogP) is 2.75. The minimum atomic E-state index is -0.526. The largest absolute Gasteiger partial charge is 0.360 e. The Kier molecular flexibility index (Phi) is 3.49. The molecule has 1 amide bonds. The van der Waals surface area contributed by atoms with Gasteiger partial charge in [-0.3, -0.25) is 9.59 Å². The van der Waals surface area contributed by atoms with E-state index in [0.29, 0.717) is 35.5 Å². The van der Waals surface area contributed by atoms with E-state index in [0.717, 1.165) is 12.8 Å². The first-order valence-electron chi connectivity index (χ1n) is 7.16. The van der Waals surface area contributed by atoms with E-state index < -0.39 is 11.7 Å². The number of hydrogen-bond donors (Lipinski definition) is 1. The fraction of sp³-hybridized carbons (Fsp3) is 0.375. The summed E-state index contributed by atoms with van der Waals surface area (Å²) in [6.07, 6.45) is 3.34. The average Bonchev–Trinajstić information content (AvgIpc) is 2.89. The minimum Gasteiger partial charge on any atom is -0.360 e. The number of piperidine rings is 1. The lowest BCUT2D eigenvalue weighted by Gasteiger charge is -2.29. The van der Waals surface area contributed by atoms with Gasteiger partial charge in [0.2, 0.25) is 0 Å². The van der Waals surface area contributed by atoms with Gasteiger partial charge in [0, 0.05) is 30.2 Å². The van der Waals surface area contributed by atoms with Crippen molar-refractivity contribution in [3.63, 3.8) is 0 Å². The number of fused-ring (bicyclic) bond motifs is 1. The first kappa shape index (κ1) is 13.8. The van der Waals surface area contributed by atoms with E-state index >= 15 is 0 Å². The number of carbonyl (C=O) groups is 2. The van der Waals surface area contributed by atoms with Crippen molar-refractivity contribution in [1.82, 2.24) is 9.88 Å². The number of aromatic nitrogens is 1. The molecule has 0 aliphatic carbocycles. The highest BCUT2D eigenvalue weighted by atomic mass is 19.1. The van der Waals surface area contributed by atoms with Gasteiger partial charge in [-0.25, -0.2) is 4.39 Å². The van der Waals surface area contributed by atoms with E-state index in [1.165, 1.54) is 24.4 Å². The molecule has 3 rings (SSSR count). The Morgan fingerprint density at radius 1 is 1.29 bits per heavy atom. The van der Waals surface area contributed by atoms with Gasteiger partial charge in [0.05, 0.1) is 5.56 Å². The maximum Gasteiger partial charge on any atom is 0.295 e. The molecule has 0 bridgehead atoms. The van der Waals surface area contributed by atoms with Crippen LogP contribution in [0.15, 0.2) is 24.4 Å². The second-order valence-electron chi connectivity index (χ2n) is 5.70. The zero-order valence-electron chi connectivity index (χ0n) is 11.9. The molecule has 1 saturated heterocycles. The number of carbonyl (C=O) groups excluding carboxylic acids is 2. The normalized spacial score (nSPS) is 16.4. The van der Waals surface area contributed by atoms with Crippen LogP contribution in [-0.2, 0) is 4.79 Å². The van der Waals surface area contributed by atoms with Crippen LogP contribution in [0.3, 0.4) is 0 Å². The standard InChI is InChI=1S/C16H17FN2O2/c1-10-4-6-19(7-5-10)16(21)15(20)13-9-18-14-8-11(17)2-3-12(13)14/h2-3,8-10,18H,4-7H2,1H3. The molecular weight excluding hydrogens is 271 g/mol. The highest BCUT2D eigenvalue weighted by Gasteiger charge is 2.27. The van der Waals surface area contributed by atoms with Gasteiger partial charge in [0.1, 0.15) is 5.82 Å². The van der Waals surface area contributed by atoms with Crippen molar-refractivity contribution in [2.45, 2.75) is 19.8 Å². The molecule has 0 spiro atoms. The summed E-state index contributed by atoms with van der Waals surface area (Å²) in [5.41, 5.74) is 0.840. The number of aromatic amines is 1. The van der Waals surface area contributed by atoms with Crippen LogP contribution in [0, 0.1) is 11.7 Å². The molecule has 1 aliphatic heterocycles. The molecule has 0 saturated carbocycles. The van der Waals surface area contributed by atoms with Gasteiger partial charge in [0.15, 0.2) is 0 Å². The molecule has 0 atom stereocenters. The number of ketones is 1. The minimum absolute atomic E-state index is 0.314. The number of amides is 1. The summed E-state index contributed by atoms with van der Waals surface area (Å²) >= 11 is 0. The Morgan fingerprint density at radius 3 is 2.71 bits per heavy atom. The number of H-pyrrole nitrogens is 1. The molecule has 21 heavy (non-hydrogen) atoms. The fourth-order valence-electron chi connectivity index (χ4n) is 2.76. The number of benzene rings is 1. The molecule has 1 fully saturated rings. The predicted molar refractivity (Wildman–Crippen MR) is 77.6 cm³/mol. The number of nitrogens with one attached hydrogen (secondary N) is 1. The molecule has 2 heterocycles. The van der Waals surface area contributed by atoms with E-state index in [1.54, 1.807) is 4.90 Å². The van der Waals surface area contributed by atoms with Crippen molar-refractivity contribution < 1.29 is 14.0 Å². The van der Waals surface area contributed by atoms with E-state index in [9.17, 15) is 14.0 Å². The average molecular weight is 288 g/mol. The van der Waals surface area contributed by atoms with Gasteiger partial charge >= 0.3 is 0 Å². The molecule has 4 nitrogen and oxygen atoms in total. The number of hydrogen-bond acceptors (Lipinski definition) is 2. The van der Waals surface area contributed by atoms with Gasteiger partial charge in [-0.1, -0.05) is 6.92 Å². The smallest absolute Gasteiger partial charge is 0.295 e. The Hall–Kier alpha value is -2.17. The van der Waals surface area contributed by atoms with Crippen molar-refractivity contribution >= 4 is 22.6 Å². The quantitative estimate of drug-likeness (QED) is 0.682. The molecule has 2 aromatic rings. The summed E-state index contributed by atoms with van der Waals surface area (Å²) < 4.78 is 13.2. The van der Waals surface area contributed by atoms with Crippen molar-refractivity contribution in [2.24, 2.45) is 5.92 Å². The van der Waals surface area contributed by atoms with Crippen molar-refractivity contribution in [1.29, 1.82) is 0 Å². The van der Waals surface area contributed by atoms with Gasteiger partial charge < -0.3 is 9.88 Å². The summed E-state index contributed by atoms with van der Waals surface area (Å²) in [6, 6.07) is 4.14. The monoisotopic (exact) mass is 288 g/mol. The second kappa shape index (κ2) is 5.31. The first-order chi connectivity index (χ1) is 10.1. The summed E-state index contributed by atoms with van der Waals surface area (Å²) in [4.78, 5) is 29.1. The zero-order valence-corrected chi connectivity index (χ0v) is 11.9. The lowest BCUT2D eigenvalue weighted by atomic mass is 9.98. The number of likely N-dealkylation sites (tertiary alicyclic amines) is 1. The fourth-order valence-corrected chi connectivity index (χ4v) is 2.76. The van der Waals surface area contributed by atoms with Crippen LogP contribution in [0.5, 0.6) is 0 Å². The Balaban J connectivity index is 1.85. The third-order valence-electron chi connectivity index (χ3n) is 4.15. The van der Waals surface area contributed by atoms with Crippen molar-refractivity contribution in [2.75, 3.05) is 13.1 Å². The lowest BCUT2D eigenvalue weighted by molar-refractivity contribution is -0.127. The van der Waals surface area contributed by atoms with Gasteiger partial charge in [-0.2, -0.15) is 0 Å². The lowest BCUT2D eigenvalue weighted by Crippen LogP contribution is -2.41. The molecule has 1 N–H and O–H groups in total. The van der Waals surface area contributed by atoms with Crippen LogP contribution >= 0.6 is 0 Å². The Labute approximate surface area is 121 Å². The van der Waals surface area contributed by atoms with E-state index in [-0.39, 0.29) is 5.82 Å². The maximum atomic E-state index is 13.2. The first-order valence-corrected chi connectivity index (χ1v) is 7.16. The van der Waals surface area contributed by atoms with E-state index in [4.69, 9.17) is 0 Å². The topological polar surface area (TPSA) is 53.2 Å². The van der Waals surface area contributed by atoms with E-state index in [1.807, 2.05) is 0 Å². The molecule has 0 unspecified atom stereocenters. The van der Waals surface area contributed by atoms with Crippen LogP contribution < -0.4 is 0 Å². The molecule has 110 valence electrons. The van der Waals surface area contributed by atoms with Crippen LogP contribution in [0.2, 0.25) is 0 Å². The summed E-state index contributed by atoms with van der Waals surface area (Å²) in [5, 5.41) is 0.583. The maximum absolute atomic E-state index is 13.2. The van der Waals surface area contributed by atoms with Crippen molar-refractivity contribution in [3.05, 3.63) is 35.8 Å². The third kappa shape index (κ3) is 2.55. The summed E-state index contributed by atoms with van der Waals surface area (Å²) in [6.45, 7) is 3.41. The molecule has 1 aliphatic rings. The second-order valence-corrected chi connectivity index (χ2v) is 5.70. The summed E-state index contributed by atoms with van der Waals surface area (Å²) in [5.74, 6) is -0.769. The molecule has 1 aromatic heterocycles. The van der Waals surface area contributed by atoms with Crippen LogP contribution in [-0.4, -0.2) is 34.7 Å². The van der Waals surface area contributed by atoms with Gasteiger partial charge in [0.25, 0.3) is 11.7 Å². The van der Waals surface area contributed by atoms with Crippen LogP contribution in [0.4, 0.5) is 4.39 Å². The highest BCUT2D eigenvalue weighted by molar-refractivity contribution is 6.44. The number of Topliss-reactive ketones (excluding diaryl/α,β-unsaturated/α-hetero) is 1. The molecular formula is C16H17FN2O2. The Bertz CT molecular complexity index is 699. The number of rotatable bonds is 2. The van der Waals surface area contributed by atoms with Crippen LogP contribution in [0.25, 0.3) is 10.9 Å². The number of halogens is 1. The van der Waals surface area contributed by atoms with Crippen LogP contribution in [0.1, 0.15) is 30.1 Å². The molecule has 5 heteroatoms. The third-order valence-corrected chi connectivity index (χ3v) is 4.15. The molecule has 0 radical (unpaired) electrons. The number of nitrogens with zero attached hydrogens (tertiary/aromatic N) is 1. The highest BCUT2D eigenvalue weighted by Crippen LogP contribution is 2.22. The summed E-state index contributed by atoms with van der Waals surface area (Å²) in [7, 11) is 0. The zero-order chi connectivity index (χ0) is 15.0. The van der Waals surface area contributed by atoms with E-state index in [2.05, 4.69) is 11.9 Å². The van der Waals surface area contributed by atoms with Gasteiger partial charge in [-0.05, 0) is 37.0 Å². The van der Waals surface area contributed by atoms with Crippen molar-refractivity contribution in [3.8, 4) is 0 Å². The SMILES string of the molecule is CC1CCN(C(=O)C(=O)c2c[nH]c3cc(F)ccc23)CC1. The van der Waals surface area contributed by atoms with Gasteiger partial charge in [-0.15, -0.1) is 0 Å². The Morgan fingerprint density at radius 2 is 2.00 bits per heavy atom. The molecule has 1 aromatic carbocycles.